The van der Waals surface area contributed by atoms with Gasteiger partial charge in [0.2, 0.25) is 0 Å². The van der Waals surface area contributed by atoms with Gasteiger partial charge in [0.15, 0.2) is 0 Å². The molecule has 0 aromatic carbocycles. The Morgan fingerprint density at radius 3 is 2.83 bits per heavy atom. The quantitative estimate of drug-likeness (QED) is 0.486. The first-order chi connectivity index (χ1) is 5.75. The fourth-order valence-electron chi connectivity index (χ4n) is 2.76. The molecule has 68 valence electrons. The number of alkyl halides is 1. The van der Waals surface area contributed by atoms with Crippen molar-refractivity contribution in [1.29, 1.82) is 0 Å². The second-order valence-electron chi connectivity index (χ2n) is 4.42. The molecule has 3 atom stereocenters. The van der Waals surface area contributed by atoms with E-state index in [4.69, 9.17) is 0 Å². The predicted molar refractivity (Wildman–Crippen MR) is 48.7 cm³/mol. The summed E-state index contributed by atoms with van der Waals surface area (Å²) in [5.74, 6) is 1.46. The normalized spacial score (nSPS) is 42.4. The zero-order valence-electron chi connectivity index (χ0n) is 7.56. The Labute approximate surface area is 73.9 Å². The largest absolute Gasteiger partial charge is 0.247 e. The molecule has 0 heterocycles. The number of hydrogen-bond donors (Lipinski definition) is 0. The van der Waals surface area contributed by atoms with Gasteiger partial charge in [-0.1, -0.05) is 12.2 Å². The van der Waals surface area contributed by atoms with E-state index in [0.29, 0.717) is 5.92 Å². The standard InChI is InChI=1S/C11H17F/c1-8-2-3-9-4-5-11(12)7-10(9)6-8/h9-11H,1-7H2. The van der Waals surface area contributed by atoms with Crippen LogP contribution in [0.3, 0.4) is 0 Å². The molecule has 0 aromatic rings. The van der Waals surface area contributed by atoms with Crippen LogP contribution >= 0.6 is 0 Å². The molecule has 2 aliphatic rings. The van der Waals surface area contributed by atoms with Crippen LogP contribution in [0.25, 0.3) is 0 Å². The van der Waals surface area contributed by atoms with Gasteiger partial charge in [0.05, 0.1) is 0 Å². The lowest BCUT2D eigenvalue weighted by molar-refractivity contribution is 0.121. The summed E-state index contributed by atoms with van der Waals surface area (Å²) in [5, 5.41) is 0. The van der Waals surface area contributed by atoms with Crippen molar-refractivity contribution in [2.24, 2.45) is 11.8 Å². The maximum atomic E-state index is 13.1. The Morgan fingerprint density at radius 2 is 2.00 bits per heavy atom. The second kappa shape index (κ2) is 3.20. The van der Waals surface area contributed by atoms with E-state index >= 15 is 0 Å². The summed E-state index contributed by atoms with van der Waals surface area (Å²) in [7, 11) is 0. The van der Waals surface area contributed by atoms with Crippen LogP contribution in [-0.4, -0.2) is 6.17 Å². The van der Waals surface area contributed by atoms with Crippen molar-refractivity contribution in [3.05, 3.63) is 12.2 Å². The van der Waals surface area contributed by atoms with Gasteiger partial charge in [0, 0.05) is 0 Å². The van der Waals surface area contributed by atoms with E-state index in [9.17, 15) is 4.39 Å². The minimum atomic E-state index is -0.517. The smallest absolute Gasteiger partial charge is 0.100 e. The van der Waals surface area contributed by atoms with E-state index in [1.807, 2.05) is 0 Å². The molecule has 0 N–H and O–H groups in total. The van der Waals surface area contributed by atoms with Crippen LogP contribution in [0.2, 0.25) is 0 Å². The molecule has 2 fully saturated rings. The number of halogens is 1. The van der Waals surface area contributed by atoms with Crippen LogP contribution in [0.15, 0.2) is 12.2 Å². The lowest BCUT2D eigenvalue weighted by Gasteiger charge is -2.37. The van der Waals surface area contributed by atoms with Crippen molar-refractivity contribution in [3.8, 4) is 0 Å². The molecule has 0 amide bonds. The minimum Gasteiger partial charge on any atom is -0.247 e. The summed E-state index contributed by atoms with van der Waals surface area (Å²) in [4.78, 5) is 0. The van der Waals surface area contributed by atoms with Crippen molar-refractivity contribution in [1.82, 2.24) is 0 Å². The summed E-state index contributed by atoms with van der Waals surface area (Å²) in [6.07, 6.45) is 5.80. The molecule has 0 bridgehead atoms. The van der Waals surface area contributed by atoms with E-state index in [1.54, 1.807) is 0 Å². The SMILES string of the molecule is C=C1CCC2CCC(F)CC2C1. The highest BCUT2D eigenvalue weighted by Gasteiger charge is 2.32. The van der Waals surface area contributed by atoms with E-state index < -0.39 is 6.17 Å². The van der Waals surface area contributed by atoms with Gasteiger partial charge in [-0.15, -0.1) is 0 Å². The van der Waals surface area contributed by atoms with Crippen molar-refractivity contribution in [3.63, 3.8) is 0 Å². The Morgan fingerprint density at radius 1 is 1.17 bits per heavy atom. The van der Waals surface area contributed by atoms with Gasteiger partial charge < -0.3 is 0 Å². The Kier molecular flexibility index (Phi) is 2.20. The Balaban J connectivity index is 1.99. The molecule has 1 heteroatoms. The topological polar surface area (TPSA) is 0 Å². The third-order valence-electron chi connectivity index (χ3n) is 3.50. The Bertz CT molecular complexity index is 185. The lowest BCUT2D eigenvalue weighted by atomic mass is 9.69. The van der Waals surface area contributed by atoms with Crippen molar-refractivity contribution >= 4 is 0 Å². The van der Waals surface area contributed by atoms with Gasteiger partial charge in [0.25, 0.3) is 0 Å². The summed E-state index contributed by atoms with van der Waals surface area (Å²) in [6, 6.07) is 0. The third kappa shape index (κ3) is 1.55. The lowest BCUT2D eigenvalue weighted by Crippen LogP contribution is -2.28. The zero-order valence-corrected chi connectivity index (χ0v) is 7.56. The summed E-state index contributed by atoms with van der Waals surface area (Å²) in [6.45, 7) is 4.01. The summed E-state index contributed by atoms with van der Waals surface area (Å²) >= 11 is 0. The van der Waals surface area contributed by atoms with Crippen molar-refractivity contribution in [2.45, 2.75) is 44.7 Å². The summed E-state index contributed by atoms with van der Waals surface area (Å²) in [5.41, 5.74) is 1.35. The molecule has 12 heavy (non-hydrogen) atoms. The predicted octanol–water partition coefficient (Wildman–Crippen LogP) is 3.48. The highest BCUT2D eigenvalue weighted by atomic mass is 19.1. The van der Waals surface area contributed by atoms with Gasteiger partial charge >= 0.3 is 0 Å². The van der Waals surface area contributed by atoms with E-state index in [1.165, 1.54) is 18.4 Å². The first-order valence-corrected chi connectivity index (χ1v) is 5.06. The maximum absolute atomic E-state index is 13.1. The van der Waals surface area contributed by atoms with Gasteiger partial charge in [-0.05, 0) is 50.4 Å². The van der Waals surface area contributed by atoms with Crippen LogP contribution in [-0.2, 0) is 0 Å². The molecule has 2 aliphatic carbocycles. The van der Waals surface area contributed by atoms with Gasteiger partial charge in [0.1, 0.15) is 6.17 Å². The van der Waals surface area contributed by atoms with E-state index in [2.05, 4.69) is 6.58 Å². The fraction of sp³-hybridized carbons (Fsp3) is 0.818. The van der Waals surface area contributed by atoms with Crippen LogP contribution < -0.4 is 0 Å². The zero-order chi connectivity index (χ0) is 8.55. The highest BCUT2D eigenvalue weighted by molar-refractivity contribution is 5.03. The molecule has 0 aromatic heterocycles. The molecule has 2 saturated carbocycles. The average Bonchev–Trinajstić information content (AvgIpc) is 2.03. The Hall–Kier alpha value is -0.330. The van der Waals surface area contributed by atoms with Crippen LogP contribution in [0.5, 0.6) is 0 Å². The first kappa shape index (κ1) is 8.28. The molecule has 2 rings (SSSR count). The number of allylic oxidation sites excluding steroid dienone is 1. The van der Waals surface area contributed by atoms with Crippen LogP contribution in [0.1, 0.15) is 38.5 Å². The monoisotopic (exact) mass is 168 g/mol. The van der Waals surface area contributed by atoms with E-state index in [0.717, 1.165) is 31.6 Å². The molecule has 0 nitrogen and oxygen atoms in total. The molecule has 0 spiro atoms. The van der Waals surface area contributed by atoms with Gasteiger partial charge in [-0.2, -0.15) is 0 Å². The number of fused-ring (bicyclic) bond motifs is 1. The van der Waals surface area contributed by atoms with Crippen molar-refractivity contribution < 1.29 is 4.39 Å². The van der Waals surface area contributed by atoms with Gasteiger partial charge in [-0.3, -0.25) is 0 Å². The van der Waals surface area contributed by atoms with E-state index in [-0.39, 0.29) is 0 Å². The minimum absolute atomic E-state index is 0.517. The molecule has 0 radical (unpaired) electrons. The molecule has 3 unspecified atom stereocenters. The average molecular weight is 168 g/mol. The number of rotatable bonds is 0. The van der Waals surface area contributed by atoms with Crippen molar-refractivity contribution in [2.75, 3.05) is 0 Å². The first-order valence-electron chi connectivity index (χ1n) is 5.06. The highest BCUT2D eigenvalue weighted by Crippen LogP contribution is 2.42. The molecule has 0 saturated heterocycles. The summed E-state index contributed by atoms with van der Waals surface area (Å²) < 4.78 is 13.1. The third-order valence-corrected chi connectivity index (χ3v) is 3.50. The fourth-order valence-corrected chi connectivity index (χ4v) is 2.76. The van der Waals surface area contributed by atoms with Gasteiger partial charge in [-0.25, -0.2) is 4.39 Å². The molecular formula is C11H17F. The van der Waals surface area contributed by atoms with Crippen LogP contribution in [0, 0.1) is 11.8 Å². The molecule has 0 aliphatic heterocycles. The van der Waals surface area contributed by atoms with Crippen LogP contribution in [0.4, 0.5) is 4.39 Å². The number of hydrogen-bond acceptors (Lipinski definition) is 0. The maximum Gasteiger partial charge on any atom is 0.100 e. The second-order valence-corrected chi connectivity index (χ2v) is 4.42. The molecular weight excluding hydrogens is 151 g/mol.